The molecular weight excluding hydrogens is 345 g/mol. The van der Waals surface area contributed by atoms with Gasteiger partial charge in [-0.15, -0.1) is 0 Å². The summed E-state index contributed by atoms with van der Waals surface area (Å²) >= 11 is 0. The van der Waals surface area contributed by atoms with Crippen LogP contribution < -0.4 is 15.3 Å². The maximum Gasteiger partial charge on any atom is 0.339 e. The molecule has 2 heterocycles. The van der Waals surface area contributed by atoms with Crippen molar-refractivity contribution in [3.63, 3.8) is 0 Å². The average Bonchev–Trinajstić information content (AvgIpc) is 2.95. The van der Waals surface area contributed by atoms with E-state index in [4.69, 9.17) is 9.15 Å². The van der Waals surface area contributed by atoms with E-state index in [1.54, 1.807) is 12.1 Å². The van der Waals surface area contributed by atoms with Crippen LogP contribution in [-0.2, 0) is 19.4 Å². The molecule has 0 bridgehead atoms. The molecule has 138 valence electrons. The molecule has 4 nitrogen and oxygen atoms in total. The molecule has 1 aliphatic heterocycles. The van der Waals surface area contributed by atoms with E-state index in [1.165, 1.54) is 12.1 Å². The minimum absolute atomic E-state index is 0.216. The van der Waals surface area contributed by atoms with Crippen molar-refractivity contribution in [2.45, 2.75) is 38.6 Å². The van der Waals surface area contributed by atoms with Crippen LogP contribution in [0.15, 0.2) is 45.6 Å². The van der Waals surface area contributed by atoms with Crippen LogP contribution in [0.3, 0.4) is 0 Å². The second kappa shape index (κ2) is 6.41. The number of ether oxygens (including phenoxy) is 1. The number of hydrogen-bond acceptors (Lipinski definition) is 4. The van der Waals surface area contributed by atoms with Crippen molar-refractivity contribution < 1.29 is 13.5 Å². The van der Waals surface area contributed by atoms with Crippen LogP contribution in [0.2, 0.25) is 0 Å². The Balaban J connectivity index is 1.64. The van der Waals surface area contributed by atoms with E-state index in [9.17, 15) is 9.18 Å². The first kappa shape index (κ1) is 16.4. The summed E-state index contributed by atoms with van der Waals surface area (Å²) in [6.07, 6.45) is 4.99. The van der Waals surface area contributed by atoms with Gasteiger partial charge in [-0.1, -0.05) is 6.42 Å². The third kappa shape index (κ3) is 2.78. The van der Waals surface area contributed by atoms with E-state index in [0.717, 1.165) is 65.6 Å². The van der Waals surface area contributed by atoms with Gasteiger partial charge in [-0.3, -0.25) is 0 Å². The molecule has 5 rings (SSSR count). The van der Waals surface area contributed by atoms with Gasteiger partial charge in [0.1, 0.15) is 17.1 Å². The third-order valence-electron chi connectivity index (χ3n) is 5.62. The lowest BCUT2D eigenvalue weighted by Crippen LogP contribution is -2.32. The fraction of sp³-hybridized carbons (Fsp3) is 0.318. The monoisotopic (exact) mass is 365 g/mol. The predicted molar refractivity (Wildman–Crippen MR) is 102 cm³/mol. The van der Waals surface area contributed by atoms with Crippen molar-refractivity contribution in [3.8, 4) is 5.75 Å². The molecule has 3 aromatic rings. The van der Waals surface area contributed by atoms with Gasteiger partial charge in [-0.25, -0.2) is 9.18 Å². The standard InChI is InChI=1S/C22H20FNO3/c23-14-6-8-15(9-7-14)24-12-19-20(26-13-24)11-10-17-16-4-2-1-3-5-18(16)22(25)27-21(17)19/h6-11H,1-5,12-13H2. The molecule has 1 aromatic heterocycles. The van der Waals surface area contributed by atoms with Crippen molar-refractivity contribution in [3.05, 3.63) is 69.3 Å². The summed E-state index contributed by atoms with van der Waals surface area (Å²) in [6.45, 7) is 0.930. The summed E-state index contributed by atoms with van der Waals surface area (Å²) in [5.41, 5.74) is 4.15. The van der Waals surface area contributed by atoms with Crippen molar-refractivity contribution in [1.82, 2.24) is 0 Å². The van der Waals surface area contributed by atoms with Gasteiger partial charge in [0.25, 0.3) is 0 Å². The smallest absolute Gasteiger partial charge is 0.339 e. The zero-order valence-corrected chi connectivity index (χ0v) is 15.0. The topological polar surface area (TPSA) is 42.7 Å². The van der Waals surface area contributed by atoms with E-state index >= 15 is 0 Å². The maximum atomic E-state index is 13.2. The van der Waals surface area contributed by atoms with Gasteiger partial charge in [0, 0.05) is 16.6 Å². The highest BCUT2D eigenvalue weighted by atomic mass is 19.1. The molecule has 0 N–H and O–H groups in total. The van der Waals surface area contributed by atoms with Crippen LogP contribution in [0.25, 0.3) is 11.0 Å². The summed E-state index contributed by atoms with van der Waals surface area (Å²) in [6, 6.07) is 10.3. The number of halogens is 1. The molecule has 0 fully saturated rings. The lowest BCUT2D eigenvalue weighted by atomic mass is 9.98. The highest BCUT2D eigenvalue weighted by Crippen LogP contribution is 2.36. The van der Waals surface area contributed by atoms with E-state index in [0.29, 0.717) is 18.9 Å². The number of aryl methyl sites for hydroxylation is 1. The number of nitrogens with zero attached hydrogens (tertiary/aromatic N) is 1. The Labute approximate surface area is 156 Å². The Bertz CT molecular complexity index is 1070. The van der Waals surface area contributed by atoms with E-state index in [2.05, 4.69) is 0 Å². The van der Waals surface area contributed by atoms with Gasteiger partial charge in [0.2, 0.25) is 0 Å². The highest BCUT2D eigenvalue weighted by Gasteiger charge is 2.25. The lowest BCUT2D eigenvalue weighted by molar-refractivity contribution is 0.289. The van der Waals surface area contributed by atoms with Crippen LogP contribution in [0.1, 0.15) is 36.0 Å². The molecule has 2 aliphatic rings. The second-order valence-corrected chi connectivity index (χ2v) is 7.27. The molecular formula is C22H20FNO3. The van der Waals surface area contributed by atoms with Gasteiger partial charge in [-0.2, -0.15) is 0 Å². The molecule has 0 spiro atoms. The molecule has 0 saturated heterocycles. The average molecular weight is 365 g/mol. The number of anilines is 1. The summed E-state index contributed by atoms with van der Waals surface area (Å²) < 4.78 is 24.9. The number of rotatable bonds is 1. The summed E-state index contributed by atoms with van der Waals surface area (Å²) in [5.74, 6) is 0.480. The quantitative estimate of drug-likeness (QED) is 0.468. The van der Waals surface area contributed by atoms with Crippen LogP contribution in [0, 0.1) is 5.82 Å². The SMILES string of the molecule is O=c1oc2c3c(ccc2c2c1CCCCC2)OCN(c1ccc(F)cc1)C3. The summed E-state index contributed by atoms with van der Waals surface area (Å²) in [4.78, 5) is 14.6. The highest BCUT2D eigenvalue weighted by molar-refractivity contribution is 5.86. The maximum absolute atomic E-state index is 13.2. The van der Waals surface area contributed by atoms with E-state index in [1.807, 2.05) is 17.0 Å². The molecule has 0 radical (unpaired) electrons. The first-order valence-corrected chi connectivity index (χ1v) is 9.44. The van der Waals surface area contributed by atoms with Crippen LogP contribution in [-0.4, -0.2) is 6.73 Å². The third-order valence-corrected chi connectivity index (χ3v) is 5.62. The van der Waals surface area contributed by atoms with Gasteiger partial charge in [0.05, 0.1) is 12.1 Å². The molecule has 0 saturated carbocycles. The second-order valence-electron chi connectivity index (χ2n) is 7.27. The fourth-order valence-electron chi connectivity index (χ4n) is 4.21. The molecule has 0 amide bonds. The molecule has 27 heavy (non-hydrogen) atoms. The first-order chi connectivity index (χ1) is 13.2. The van der Waals surface area contributed by atoms with Gasteiger partial charge in [0.15, 0.2) is 6.73 Å². The van der Waals surface area contributed by atoms with Crippen molar-refractivity contribution in [1.29, 1.82) is 0 Å². The number of hydrogen-bond donors (Lipinski definition) is 0. The molecule has 5 heteroatoms. The number of benzene rings is 2. The molecule has 2 aromatic carbocycles. The minimum Gasteiger partial charge on any atom is -0.473 e. The van der Waals surface area contributed by atoms with Crippen molar-refractivity contribution in [2.24, 2.45) is 0 Å². The van der Waals surface area contributed by atoms with Gasteiger partial charge >= 0.3 is 5.63 Å². The first-order valence-electron chi connectivity index (χ1n) is 9.44. The van der Waals surface area contributed by atoms with Crippen LogP contribution >= 0.6 is 0 Å². The summed E-state index contributed by atoms with van der Waals surface area (Å²) in [5, 5.41) is 1.02. The number of fused-ring (bicyclic) bond motifs is 5. The van der Waals surface area contributed by atoms with Gasteiger partial charge in [-0.05, 0) is 67.6 Å². The van der Waals surface area contributed by atoms with E-state index < -0.39 is 0 Å². The normalized spacial score (nSPS) is 16.4. The Hall–Kier alpha value is -2.82. The fourth-order valence-corrected chi connectivity index (χ4v) is 4.21. The van der Waals surface area contributed by atoms with Crippen LogP contribution in [0.5, 0.6) is 5.75 Å². The zero-order chi connectivity index (χ0) is 18.4. The Kier molecular flexibility index (Phi) is 3.88. The Morgan fingerprint density at radius 2 is 1.67 bits per heavy atom. The summed E-state index contributed by atoms with van der Waals surface area (Å²) in [7, 11) is 0. The lowest BCUT2D eigenvalue weighted by Gasteiger charge is -2.31. The Morgan fingerprint density at radius 3 is 2.48 bits per heavy atom. The molecule has 0 atom stereocenters. The van der Waals surface area contributed by atoms with Crippen LogP contribution in [0.4, 0.5) is 10.1 Å². The van der Waals surface area contributed by atoms with E-state index in [-0.39, 0.29) is 11.4 Å². The molecule has 1 aliphatic carbocycles. The Morgan fingerprint density at radius 1 is 0.889 bits per heavy atom. The van der Waals surface area contributed by atoms with Gasteiger partial charge < -0.3 is 14.1 Å². The molecule has 0 unspecified atom stereocenters. The minimum atomic E-state index is -0.267. The predicted octanol–water partition coefficient (Wildman–Crippen LogP) is 4.56. The van der Waals surface area contributed by atoms with Crippen molar-refractivity contribution >= 4 is 16.7 Å². The zero-order valence-electron chi connectivity index (χ0n) is 15.0. The van der Waals surface area contributed by atoms with Crippen molar-refractivity contribution in [2.75, 3.05) is 11.6 Å². The largest absolute Gasteiger partial charge is 0.473 e.